The Morgan fingerprint density at radius 1 is 1.17 bits per heavy atom. The normalized spacial score (nSPS) is 26.3. The van der Waals surface area contributed by atoms with Gasteiger partial charge in [-0.2, -0.15) is 0 Å². The molecule has 0 heterocycles. The predicted octanol–water partition coefficient (Wildman–Crippen LogP) is 2.67. The quantitative estimate of drug-likeness (QED) is 0.794. The van der Waals surface area contributed by atoms with Crippen molar-refractivity contribution in [1.82, 2.24) is 4.90 Å². The molecule has 1 fully saturated rings. The smallest absolute Gasteiger partial charge is 0.0695 e. The summed E-state index contributed by atoms with van der Waals surface area (Å²) in [5.41, 5.74) is 0. The minimum atomic E-state index is -0.152. The first-order valence-corrected chi connectivity index (χ1v) is 7.56. The van der Waals surface area contributed by atoms with E-state index in [9.17, 15) is 5.11 Å². The lowest BCUT2D eigenvalue weighted by molar-refractivity contribution is 0.0136. The van der Waals surface area contributed by atoms with E-state index in [1.54, 1.807) is 7.11 Å². The third kappa shape index (κ3) is 5.68. The molecule has 0 saturated heterocycles. The largest absolute Gasteiger partial charge is 0.391 e. The molecule has 0 spiro atoms. The van der Waals surface area contributed by atoms with Gasteiger partial charge in [0.1, 0.15) is 0 Å². The first-order chi connectivity index (χ1) is 8.65. The molecule has 2 atom stereocenters. The fourth-order valence-corrected chi connectivity index (χ4v) is 2.94. The second kappa shape index (κ2) is 8.89. The Hall–Kier alpha value is -0.120. The van der Waals surface area contributed by atoms with E-state index in [-0.39, 0.29) is 6.10 Å². The Labute approximate surface area is 113 Å². The molecular weight excluding hydrogens is 226 g/mol. The third-order valence-corrected chi connectivity index (χ3v) is 3.85. The van der Waals surface area contributed by atoms with E-state index < -0.39 is 0 Å². The molecule has 1 aliphatic rings. The second-order valence-corrected chi connectivity index (χ2v) is 6.01. The summed E-state index contributed by atoms with van der Waals surface area (Å²) in [6, 6.07) is 0.336. The molecule has 3 nitrogen and oxygen atoms in total. The highest BCUT2D eigenvalue weighted by atomic mass is 16.5. The molecule has 0 bridgehead atoms. The minimum absolute atomic E-state index is 0.152. The van der Waals surface area contributed by atoms with Gasteiger partial charge in [-0.25, -0.2) is 0 Å². The molecule has 108 valence electrons. The van der Waals surface area contributed by atoms with Crippen LogP contribution in [0.1, 0.15) is 52.4 Å². The first kappa shape index (κ1) is 15.9. The van der Waals surface area contributed by atoms with Crippen LogP contribution >= 0.6 is 0 Å². The summed E-state index contributed by atoms with van der Waals surface area (Å²) in [4.78, 5) is 2.45. The van der Waals surface area contributed by atoms with Crippen LogP contribution in [-0.4, -0.2) is 49.0 Å². The maximum atomic E-state index is 10.4. The third-order valence-electron chi connectivity index (χ3n) is 3.85. The number of hydrogen-bond acceptors (Lipinski definition) is 3. The zero-order valence-corrected chi connectivity index (χ0v) is 12.4. The van der Waals surface area contributed by atoms with E-state index in [0.29, 0.717) is 12.0 Å². The molecule has 0 aromatic carbocycles. The average Bonchev–Trinajstić information content (AvgIpc) is 2.30. The molecule has 0 aromatic heterocycles. The molecular formula is C15H31NO2. The van der Waals surface area contributed by atoms with Crippen LogP contribution in [0.25, 0.3) is 0 Å². The highest BCUT2D eigenvalue weighted by Gasteiger charge is 2.26. The van der Waals surface area contributed by atoms with E-state index in [4.69, 9.17) is 4.74 Å². The van der Waals surface area contributed by atoms with Gasteiger partial charge in [0.25, 0.3) is 0 Å². The summed E-state index contributed by atoms with van der Waals surface area (Å²) in [5, 5.41) is 10.4. The van der Waals surface area contributed by atoms with Crippen LogP contribution in [0.3, 0.4) is 0 Å². The van der Waals surface area contributed by atoms with E-state index in [2.05, 4.69) is 18.7 Å². The lowest BCUT2D eigenvalue weighted by Crippen LogP contribution is -2.47. The summed E-state index contributed by atoms with van der Waals surface area (Å²) < 4.78 is 5.21. The Morgan fingerprint density at radius 3 is 2.44 bits per heavy atom. The molecule has 0 radical (unpaired) electrons. The summed E-state index contributed by atoms with van der Waals surface area (Å²) in [7, 11) is 1.75. The topological polar surface area (TPSA) is 32.7 Å². The summed E-state index contributed by atoms with van der Waals surface area (Å²) in [5.74, 6) is 0.638. The zero-order valence-electron chi connectivity index (χ0n) is 12.4. The molecule has 1 aliphatic carbocycles. The lowest BCUT2D eigenvalue weighted by Gasteiger charge is -2.37. The van der Waals surface area contributed by atoms with Crippen molar-refractivity contribution < 1.29 is 9.84 Å². The van der Waals surface area contributed by atoms with Crippen molar-refractivity contribution in [2.45, 2.75) is 64.5 Å². The van der Waals surface area contributed by atoms with Gasteiger partial charge in [-0.05, 0) is 18.8 Å². The van der Waals surface area contributed by atoms with Crippen molar-refractivity contribution in [3.8, 4) is 0 Å². The highest BCUT2D eigenvalue weighted by molar-refractivity contribution is 4.81. The molecule has 3 heteroatoms. The van der Waals surface area contributed by atoms with Gasteiger partial charge < -0.3 is 9.84 Å². The van der Waals surface area contributed by atoms with Crippen molar-refractivity contribution in [3.63, 3.8) is 0 Å². The number of methoxy groups -OCH3 is 1. The molecule has 18 heavy (non-hydrogen) atoms. The maximum Gasteiger partial charge on any atom is 0.0695 e. The number of nitrogens with zero attached hydrogens (tertiary/aromatic N) is 1. The minimum Gasteiger partial charge on any atom is -0.391 e. The van der Waals surface area contributed by atoms with Crippen molar-refractivity contribution in [1.29, 1.82) is 0 Å². The van der Waals surface area contributed by atoms with Crippen LogP contribution in [-0.2, 0) is 4.74 Å². The van der Waals surface area contributed by atoms with Crippen LogP contribution in [0.5, 0.6) is 0 Å². The summed E-state index contributed by atoms with van der Waals surface area (Å²) in [6.45, 7) is 7.25. The van der Waals surface area contributed by atoms with Gasteiger partial charge >= 0.3 is 0 Å². The number of rotatable bonds is 6. The zero-order chi connectivity index (χ0) is 13.4. The maximum absolute atomic E-state index is 10.4. The van der Waals surface area contributed by atoms with E-state index >= 15 is 0 Å². The lowest BCUT2D eigenvalue weighted by atomic mass is 9.92. The van der Waals surface area contributed by atoms with Crippen LogP contribution in [0.2, 0.25) is 0 Å². The summed E-state index contributed by atoms with van der Waals surface area (Å²) >= 11 is 0. The number of aliphatic hydroxyl groups excluding tert-OH is 1. The van der Waals surface area contributed by atoms with E-state index in [1.165, 1.54) is 25.7 Å². The number of ether oxygens (including phenoxy) is 1. The van der Waals surface area contributed by atoms with Crippen molar-refractivity contribution in [2.24, 2.45) is 5.92 Å². The van der Waals surface area contributed by atoms with Crippen LogP contribution in [0.4, 0.5) is 0 Å². The van der Waals surface area contributed by atoms with E-state index in [0.717, 1.165) is 32.5 Å². The molecule has 1 saturated carbocycles. The molecule has 1 rings (SSSR count). The highest BCUT2D eigenvalue weighted by Crippen LogP contribution is 2.22. The predicted molar refractivity (Wildman–Crippen MR) is 75.8 cm³/mol. The van der Waals surface area contributed by atoms with Crippen LogP contribution in [0, 0.1) is 5.92 Å². The molecule has 0 aliphatic heterocycles. The Kier molecular flexibility index (Phi) is 7.87. The second-order valence-electron chi connectivity index (χ2n) is 6.01. The molecule has 0 aromatic rings. The fraction of sp³-hybridized carbons (Fsp3) is 1.00. The van der Waals surface area contributed by atoms with Gasteiger partial charge in [0.2, 0.25) is 0 Å². The van der Waals surface area contributed by atoms with Gasteiger partial charge in [-0.1, -0.05) is 39.5 Å². The Morgan fingerprint density at radius 2 is 1.83 bits per heavy atom. The Balaban J connectivity index is 2.59. The van der Waals surface area contributed by atoms with Gasteiger partial charge in [-0.15, -0.1) is 0 Å². The molecule has 2 unspecified atom stereocenters. The molecule has 1 N–H and O–H groups in total. The molecule has 0 amide bonds. The van der Waals surface area contributed by atoms with Gasteiger partial charge in [0, 0.05) is 26.2 Å². The standard InChI is InChI=1S/C15H31NO2/c1-13(2)12-16(10-11-18-3)14-8-6-4-5-7-9-15(14)17/h13-15,17H,4-12H2,1-3H3. The number of aliphatic hydroxyl groups is 1. The van der Waals surface area contributed by atoms with Crippen molar-refractivity contribution in [3.05, 3.63) is 0 Å². The van der Waals surface area contributed by atoms with Crippen molar-refractivity contribution in [2.75, 3.05) is 26.8 Å². The van der Waals surface area contributed by atoms with E-state index in [1.807, 2.05) is 0 Å². The van der Waals surface area contributed by atoms with Gasteiger partial charge in [0.15, 0.2) is 0 Å². The van der Waals surface area contributed by atoms with Gasteiger partial charge in [0.05, 0.1) is 12.7 Å². The average molecular weight is 257 g/mol. The fourth-order valence-electron chi connectivity index (χ4n) is 2.94. The number of hydrogen-bond donors (Lipinski definition) is 1. The first-order valence-electron chi connectivity index (χ1n) is 7.56. The van der Waals surface area contributed by atoms with Gasteiger partial charge in [-0.3, -0.25) is 4.90 Å². The van der Waals surface area contributed by atoms with Crippen LogP contribution in [0.15, 0.2) is 0 Å². The van der Waals surface area contributed by atoms with Crippen LogP contribution < -0.4 is 0 Å². The monoisotopic (exact) mass is 257 g/mol. The summed E-state index contributed by atoms with van der Waals surface area (Å²) in [6.07, 6.45) is 6.99. The Bertz CT molecular complexity index is 209. The SMILES string of the molecule is COCCN(CC(C)C)C1CCCCCCC1O. The van der Waals surface area contributed by atoms with Crippen molar-refractivity contribution >= 4 is 0 Å².